The molecule has 4 nitrogen and oxygen atoms in total. The van der Waals surface area contributed by atoms with Crippen LogP contribution < -0.4 is 5.32 Å². The number of hydrogen-bond acceptors (Lipinski definition) is 2. The first kappa shape index (κ1) is 13.4. The second-order valence-electron chi connectivity index (χ2n) is 5.47. The first-order valence-corrected chi connectivity index (χ1v) is 7.46. The van der Waals surface area contributed by atoms with E-state index in [4.69, 9.17) is 12.2 Å². The molecule has 0 atom stereocenters. The number of hydrogen-bond donors (Lipinski definition) is 1. The molecule has 0 bridgehead atoms. The molecule has 1 aliphatic heterocycles. The lowest BCUT2D eigenvalue weighted by atomic mass is 10.2. The van der Waals surface area contributed by atoms with Crippen molar-refractivity contribution in [2.24, 2.45) is 0 Å². The van der Waals surface area contributed by atoms with Crippen molar-refractivity contribution in [2.75, 3.05) is 6.54 Å². The molecule has 20 heavy (non-hydrogen) atoms. The third-order valence-electron chi connectivity index (χ3n) is 4.01. The number of aryl methyl sites for hydroxylation is 1. The Kier molecular flexibility index (Phi) is 3.17. The lowest BCUT2D eigenvalue weighted by molar-refractivity contribution is -0.122. The van der Waals surface area contributed by atoms with Crippen LogP contribution in [0.4, 0.5) is 0 Å². The molecule has 0 unspecified atom stereocenters. The second kappa shape index (κ2) is 4.74. The number of carbonyl (C=O) groups is 1. The summed E-state index contributed by atoms with van der Waals surface area (Å²) in [5, 5.41) is 3.51. The van der Waals surface area contributed by atoms with Crippen LogP contribution in [-0.4, -0.2) is 27.0 Å². The van der Waals surface area contributed by atoms with Crippen molar-refractivity contribution in [1.29, 1.82) is 0 Å². The zero-order chi connectivity index (χ0) is 14.4. The molecule has 0 aromatic carbocycles. The molecular weight excluding hydrogens is 270 g/mol. The maximum Gasteiger partial charge on any atom is 0.276 e. The summed E-state index contributed by atoms with van der Waals surface area (Å²) in [5.74, 6) is -0.0336. The van der Waals surface area contributed by atoms with Crippen molar-refractivity contribution in [2.45, 2.75) is 39.7 Å². The Hall–Kier alpha value is -1.62. The third-order valence-corrected chi connectivity index (χ3v) is 4.34. The van der Waals surface area contributed by atoms with Gasteiger partial charge in [-0.05, 0) is 63.5 Å². The minimum atomic E-state index is -0.0336. The topological polar surface area (TPSA) is 37.3 Å². The highest BCUT2D eigenvalue weighted by Crippen LogP contribution is 2.38. The molecule has 1 aromatic rings. The minimum Gasteiger partial charge on any atom is -0.346 e. The fourth-order valence-corrected chi connectivity index (χ4v) is 3.18. The van der Waals surface area contributed by atoms with Gasteiger partial charge in [0.15, 0.2) is 5.11 Å². The Bertz CT molecular complexity index is 625. The van der Waals surface area contributed by atoms with E-state index in [1.165, 1.54) is 24.2 Å². The molecule has 2 fully saturated rings. The van der Waals surface area contributed by atoms with Gasteiger partial charge in [-0.2, -0.15) is 0 Å². The van der Waals surface area contributed by atoms with Crippen LogP contribution in [0.25, 0.3) is 6.08 Å². The molecule has 2 aliphatic rings. The molecule has 1 amide bonds. The van der Waals surface area contributed by atoms with E-state index in [-0.39, 0.29) is 5.91 Å². The van der Waals surface area contributed by atoms with Gasteiger partial charge in [0.25, 0.3) is 5.91 Å². The molecule has 1 aliphatic carbocycles. The molecule has 0 spiro atoms. The number of thiocarbonyl (C=S) groups is 1. The molecule has 106 valence electrons. The van der Waals surface area contributed by atoms with Crippen molar-refractivity contribution < 1.29 is 4.79 Å². The molecule has 0 radical (unpaired) electrons. The number of nitrogens with zero attached hydrogens (tertiary/aromatic N) is 2. The Labute approximate surface area is 124 Å². The van der Waals surface area contributed by atoms with E-state index in [1.54, 1.807) is 4.90 Å². The van der Waals surface area contributed by atoms with Gasteiger partial charge in [0.2, 0.25) is 0 Å². The van der Waals surface area contributed by atoms with Crippen LogP contribution in [0, 0.1) is 13.8 Å². The van der Waals surface area contributed by atoms with Crippen molar-refractivity contribution in [1.82, 2.24) is 14.8 Å². The summed E-state index contributed by atoms with van der Waals surface area (Å²) in [4.78, 5) is 13.8. The van der Waals surface area contributed by atoms with Crippen LogP contribution in [0.2, 0.25) is 0 Å². The van der Waals surface area contributed by atoms with Gasteiger partial charge < -0.3 is 9.88 Å². The molecular formula is C15H19N3OS. The van der Waals surface area contributed by atoms with E-state index in [0.717, 1.165) is 5.56 Å². The zero-order valence-corrected chi connectivity index (χ0v) is 12.9. The Morgan fingerprint density at radius 3 is 2.70 bits per heavy atom. The number of carbonyl (C=O) groups excluding carboxylic acids is 1. The lowest BCUT2D eigenvalue weighted by Crippen LogP contribution is -2.30. The van der Waals surface area contributed by atoms with E-state index in [1.807, 2.05) is 13.0 Å². The van der Waals surface area contributed by atoms with E-state index < -0.39 is 0 Å². The molecule has 1 saturated carbocycles. The third kappa shape index (κ3) is 2.06. The van der Waals surface area contributed by atoms with E-state index in [2.05, 4.69) is 29.8 Å². The predicted octanol–water partition coefficient (Wildman–Crippen LogP) is 2.52. The lowest BCUT2D eigenvalue weighted by Gasteiger charge is -2.08. The second-order valence-corrected chi connectivity index (χ2v) is 5.85. The molecule has 1 N–H and O–H groups in total. The van der Waals surface area contributed by atoms with Crippen molar-refractivity contribution in [3.63, 3.8) is 0 Å². The van der Waals surface area contributed by atoms with Crippen molar-refractivity contribution in [3.8, 4) is 0 Å². The van der Waals surface area contributed by atoms with E-state index >= 15 is 0 Å². The van der Waals surface area contributed by atoms with Gasteiger partial charge in [-0.15, -0.1) is 0 Å². The van der Waals surface area contributed by atoms with Crippen LogP contribution in [-0.2, 0) is 4.79 Å². The van der Waals surface area contributed by atoms with Gasteiger partial charge in [0.1, 0.15) is 5.70 Å². The van der Waals surface area contributed by atoms with Gasteiger partial charge in [-0.25, -0.2) is 0 Å². The molecule has 2 heterocycles. The number of rotatable bonds is 3. The van der Waals surface area contributed by atoms with Gasteiger partial charge in [0, 0.05) is 24.0 Å². The van der Waals surface area contributed by atoms with Crippen LogP contribution in [0.1, 0.15) is 42.8 Å². The zero-order valence-electron chi connectivity index (χ0n) is 12.1. The Morgan fingerprint density at radius 2 is 2.15 bits per heavy atom. The quantitative estimate of drug-likeness (QED) is 0.686. The van der Waals surface area contributed by atoms with Gasteiger partial charge in [0.05, 0.1) is 0 Å². The maximum absolute atomic E-state index is 12.2. The molecule has 1 saturated heterocycles. The van der Waals surface area contributed by atoms with Gasteiger partial charge in [-0.3, -0.25) is 9.69 Å². The number of amides is 1. The number of nitrogens with one attached hydrogen (secondary N) is 1. The SMILES string of the molecule is CCN1C(=O)/C(=C/c2cc(C)n(C3CC3)c2C)NC1=S. The summed E-state index contributed by atoms with van der Waals surface area (Å²) in [6.07, 6.45) is 4.44. The fraction of sp³-hybridized carbons (Fsp3) is 0.467. The summed E-state index contributed by atoms with van der Waals surface area (Å²) in [6, 6.07) is 2.80. The van der Waals surface area contributed by atoms with Crippen LogP contribution >= 0.6 is 12.2 Å². The number of aromatic nitrogens is 1. The maximum atomic E-state index is 12.2. The predicted molar refractivity (Wildman–Crippen MR) is 83.3 cm³/mol. The van der Waals surface area contributed by atoms with Crippen LogP contribution in [0.5, 0.6) is 0 Å². The van der Waals surface area contributed by atoms with Gasteiger partial charge in [-0.1, -0.05) is 0 Å². The molecule has 1 aromatic heterocycles. The van der Waals surface area contributed by atoms with Crippen LogP contribution in [0.15, 0.2) is 11.8 Å². The Morgan fingerprint density at radius 1 is 1.45 bits per heavy atom. The first-order valence-electron chi connectivity index (χ1n) is 7.06. The summed E-state index contributed by atoms with van der Waals surface area (Å²) in [5.41, 5.74) is 4.17. The van der Waals surface area contributed by atoms with Crippen molar-refractivity contribution in [3.05, 3.63) is 28.7 Å². The van der Waals surface area contributed by atoms with E-state index in [0.29, 0.717) is 23.4 Å². The smallest absolute Gasteiger partial charge is 0.276 e. The standard InChI is InChI=1S/C15H19N3OS/c1-4-17-14(19)13(16-15(17)20)8-11-7-9(2)18(10(11)3)12-5-6-12/h7-8,12H,4-6H2,1-3H3,(H,16,20)/b13-8-. The minimum absolute atomic E-state index is 0.0336. The largest absolute Gasteiger partial charge is 0.346 e. The van der Waals surface area contributed by atoms with E-state index in [9.17, 15) is 4.79 Å². The summed E-state index contributed by atoms with van der Waals surface area (Å²) in [7, 11) is 0. The van der Waals surface area contributed by atoms with Crippen molar-refractivity contribution >= 4 is 29.3 Å². The summed E-state index contributed by atoms with van der Waals surface area (Å²) in [6.45, 7) is 6.77. The highest BCUT2D eigenvalue weighted by molar-refractivity contribution is 7.80. The monoisotopic (exact) mass is 289 g/mol. The van der Waals surface area contributed by atoms with Crippen LogP contribution in [0.3, 0.4) is 0 Å². The molecule has 3 rings (SSSR count). The first-order chi connectivity index (χ1) is 9.52. The highest BCUT2D eigenvalue weighted by atomic mass is 32.1. The summed E-state index contributed by atoms with van der Waals surface area (Å²) < 4.78 is 2.38. The number of likely N-dealkylation sites (N-methyl/N-ethyl adjacent to an activating group) is 1. The van der Waals surface area contributed by atoms with Gasteiger partial charge >= 0.3 is 0 Å². The average Bonchev–Trinajstić information content (AvgIpc) is 3.12. The normalized spacial score (nSPS) is 20.9. The Balaban J connectivity index is 1.95. The fourth-order valence-electron chi connectivity index (χ4n) is 2.86. The molecule has 5 heteroatoms. The summed E-state index contributed by atoms with van der Waals surface area (Å²) >= 11 is 5.17. The highest BCUT2D eigenvalue weighted by Gasteiger charge is 2.30. The average molecular weight is 289 g/mol.